The molecule has 0 amide bonds. The monoisotopic (exact) mass is 665 g/mol. The van der Waals surface area contributed by atoms with E-state index in [0.717, 1.165) is 17.1 Å². The summed E-state index contributed by atoms with van der Waals surface area (Å²) in [6.45, 7) is 7.13. The highest BCUT2D eigenvalue weighted by atomic mass is 15.1. The Kier molecular flexibility index (Phi) is 6.73. The van der Waals surface area contributed by atoms with E-state index in [9.17, 15) is 0 Å². The van der Waals surface area contributed by atoms with Crippen LogP contribution in [0.15, 0.2) is 182 Å². The van der Waals surface area contributed by atoms with Gasteiger partial charge in [-0.2, -0.15) is 0 Å². The van der Waals surface area contributed by atoms with E-state index in [0.29, 0.717) is 0 Å². The topological polar surface area (TPSA) is 3.24 Å². The molecule has 248 valence electrons. The van der Waals surface area contributed by atoms with Gasteiger partial charge in [-0.25, -0.2) is 0 Å². The minimum absolute atomic E-state index is 0.0803. The summed E-state index contributed by atoms with van der Waals surface area (Å²) < 4.78 is 0. The van der Waals surface area contributed by atoms with Crippen LogP contribution in [0.3, 0.4) is 0 Å². The third-order valence-electron chi connectivity index (χ3n) is 12.0. The molecule has 1 heteroatoms. The summed E-state index contributed by atoms with van der Waals surface area (Å²) in [7, 11) is 0. The third-order valence-corrected chi connectivity index (χ3v) is 12.0. The maximum absolute atomic E-state index is 2.51. The van der Waals surface area contributed by atoms with E-state index >= 15 is 0 Å². The van der Waals surface area contributed by atoms with Gasteiger partial charge in [0.1, 0.15) is 0 Å². The number of anilines is 3. The fourth-order valence-electron chi connectivity index (χ4n) is 9.39. The van der Waals surface area contributed by atoms with E-state index in [1.165, 1.54) is 72.0 Å². The molecule has 0 radical (unpaired) electrons. The predicted molar refractivity (Wildman–Crippen MR) is 219 cm³/mol. The lowest BCUT2D eigenvalue weighted by atomic mass is 9.74. The van der Waals surface area contributed by atoms with E-state index in [2.05, 4.69) is 208 Å². The first kappa shape index (κ1) is 30.6. The lowest BCUT2D eigenvalue weighted by Crippen LogP contribution is -2.23. The Hall–Kier alpha value is -6.18. The number of fused-ring (bicyclic) bond motifs is 7. The molecule has 0 saturated carbocycles. The quantitative estimate of drug-likeness (QED) is 0.177. The fraction of sp³-hybridized carbons (Fsp3) is 0.0980. The van der Waals surface area contributed by atoms with Crippen molar-refractivity contribution in [3.63, 3.8) is 0 Å². The Morgan fingerprint density at radius 1 is 0.385 bits per heavy atom. The Balaban J connectivity index is 1.26. The van der Waals surface area contributed by atoms with E-state index in [4.69, 9.17) is 0 Å². The van der Waals surface area contributed by atoms with Crippen LogP contribution in [0.2, 0.25) is 0 Å². The van der Waals surface area contributed by atoms with Crippen LogP contribution in [-0.2, 0) is 10.8 Å². The minimum atomic E-state index is -0.303. The van der Waals surface area contributed by atoms with Crippen LogP contribution in [0.4, 0.5) is 17.1 Å². The SMILES string of the molecule is CC1(C)c2ccccc2-c2c(-c3ccccc3N(c3ccc4c(c3)C(C)(c3ccccc3)c3ccccc3-4)c3cccc4ccccc34)cccc21. The zero-order chi connectivity index (χ0) is 35.0. The van der Waals surface area contributed by atoms with Crippen molar-refractivity contribution in [1.82, 2.24) is 0 Å². The van der Waals surface area contributed by atoms with Gasteiger partial charge in [0.25, 0.3) is 0 Å². The van der Waals surface area contributed by atoms with Crippen LogP contribution in [-0.4, -0.2) is 0 Å². The van der Waals surface area contributed by atoms with Crippen LogP contribution in [0.5, 0.6) is 0 Å². The molecular formula is C51H39N. The molecule has 8 aromatic rings. The summed E-state index contributed by atoms with van der Waals surface area (Å²) in [6, 6.07) is 67.5. The van der Waals surface area contributed by atoms with Crippen molar-refractivity contribution in [3.05, 3.63) is 210 Å². The molecule has 0 fully saturated rings. The Morgan fingerprint density at radius 3 is 1.81 bits per heavy atom. The van der Waals surface area contributed by atoms with Gasteiger partial charge in [-0.15, -0.1) is 0 Å². The van der Waals surface area contributed by atoms with Crippen molar-refractivity contribution in [2.45, 2.75) is 31.6 Å². The molecule has 0 N–H and O–H groups in total. The number of rotatable bonds is 5. The minimum Gasteiger partial charge on any atom is -0.309 e. The largest absolute Gasteiger partial charge is 0.309 e. The van der Waals surface area contributed by atoms with Gasteiger partial charge in [0.15, 0.2) is 0 Å². The molecule has 1 unspecified atom stereocenters. The molecule has 8 aromatic carbocycles. The second kappa shape index (κ2) is 11.4. The van der Waals surface area contributed by atoms with Crippen molar-refractivity contribution >= 4 is 27.8 Å². The average Bonchev–Trinajstić information content (AvgIpc) is 3.60. The first-order valence-corrected chi connectivity index (χ1v) is 18.4. The standard InChI is InChI=1S/C51H39N/c1-50(2)43-26-12-10-24-42(43)49-41(25-16-28-45(49)50)40-23-11-14-29-48(40)52(47-30-15-18-34-17-7-8-21-37(34)47)36-31-32-39-38-22-9-13-27-44(38)51(3,46(39)33-36)35-19-5-4-6-20-35/h4-33H,1-3H3. The summed E-state index contributed by atoms with van der Waals surface area (Å²) in [6.07, 6.45) is 0. The molecule has 0 aliphatic heterocycles. The molecule has 1 nitrogen and oxygen atoms in total. The van der Waals surface area contributed by atoms with Crippen LogP contribution < -0.4 is 4.90 Å². The lowest BCUT2D eigenvalue weighted by molar-refractivity contribution is 0.660. The van der Waals surface area contributed by atoms with Crippen molar-refractivity contribution in [3.8, 4) is 33.4 Å². The van der Waals surface area contributed by atoms with Gasteiger partial charge < -0.3 is 4.90 Å². The second-order valence-corrected chi connectivity index (χ2v) is 15.0. The highest BCUT2D eigenvalue weighted by molar-refractivity contribution is 6.03. The summed E-state index contributed by atoms with van der Waals surface area (Å²) in [4.78, 5) is 2.51. The molecule has 2 aliphatic rings. The highest BCUT2D eigenvalue weighted by Crippen LogP contribution is 2.56. The van der Waals surface area contributed by atoms with Crippen LogP contribution in [0, 0.1) is 0 Å². The number of para-hydroxylation sites is 1. The van der Waals surface area contributed by atoms with Crippen LogP contribution in [0.25, 0.3) is 44.2 Å². The normalized spacial score (nSPS) is 16.2. The molecule has 0 bridgehead atoms. The zero-order valence-electron chi connectivity index (χ0n) is 29.8. The molecule has 2 aliphatic carbocycles. The van der Waals surface area contributed by atoms with Gasteiger partial charge >= 0.3 is 0 Å². The van der Waals surface area contributed by atoms with E-state index in [1.807, 2.05) is 0 Å². The summed E-state index contributed by atoms with van der Waals surface area (Å²) in [5.41, 5.74) is 17.6. The maximum Gasteiger partial charge on any atom is 0.0540 e. The maximum atomic E-state index is 2.51. The molecule has 10 rings (SSSR count). The molecule has 0 aromatic heterocycles. The van der Waals surface area contributed by atoms with Gasteiger partial charge in [0.05, 0.1) is 11.4 Å². The van der Waals surface area contributed by atoms with E-state index in [1.54, 1.807) is 0 Å². The number of hydrogen-bond donors (Lipinski definition) is 0. The smallest absolute Gasteiger partial charge is 0.0540 e. The molecule has 0 saturated heterocycles. The molecular weight excluding hydrogens is 627 g/mol. The number of hydrogen-bond acceptors (Lipinski definition) is 1. The van der Waals surface area contributed by atoms with Gasteiger partial charge in [-0.3, -0.25) is 0 Å². The average molecular weight is 666 g/mol. The van der Waals surface area contributed by atoms with Gasteiger partial charge in [0, 0.05) is 27.5 Å². The van der Waals surface area contributed by atoms with E-state index in [-0.39, 0.29) is 10.8 Å². The predicted octanol–water partition coefficient (Wildman–Crippen LogP) is 13.6. The van der Waals surface area contributed by atoms with Crippen molar-refractivity contribution in [2.75, 3.05) is 4.90 Å². The summed E-state index contributed by atoms with van der Waals surface area (Å²) >= 11 is 0. The second-order valence-electron chi connectivity index (χ2n) is 15.0. The van der Waals surface area contributed by atoms with Crippen LogP contribution in [0.1, 0.15) is 48.6 Å². The van der Waals surface area contributed by atoms with Crippen LogP contribution >= 0.6 is 0 Å². The van der Waals surface area contributed by atoms with Gasteiger partial charge in [0.2, 0.25) is 0 Å². The molecule has 52 heavy (non-hydrogen) atoms. The molecule has 0 spiro atoms. The first-order chi connectivity index (χ1) is 25.5. The molecule has 1 atom stereocenters. The number of nitrogens with zero attached hydrogens (tertiary/aromatic N) is 1. The van der Waals surface area contributed by atoms with Crippen molar-refractivity contribution in [1.29, 1.82) is 0 Å². The van der Waals surface area contributed by atoms with E-state index < -0.39 is 0 Å². The summed E-state index contributed by atoms with van der Waals surface area (Å²) in [5.74, 6) is 0. The Labute approximate surface area is 306 Å². The first-order valence-electron chi connectivity index (χ1n) is 18.4. The lowest BCUT2D eigenvalue weighted by Gasteiger charge is -2.32. The van der Waals surface area contributed by atoms with Crippen molar-refractivity contribution in [2.24, 2.45) is 0 Å². The summed E-state index contributed by atoms with van der Waals surface area (Å²) in [5, 5.41) is 2.45. The Morgan fingerprint density at radius 2 is 0.962 bits per heavy atom. The number of benzene rings is 8. The van der Waals surface area contributed by atoms with Crippen molar-refractivity contribution < 1.29 is 0 Å². The fourth-order valence-corrected chi connectivity index (χ4v) is 9.39. The third kappa shape index (κ3) is 4.29. The molecule has 0 heterocycles. The Bertz CT molecular complexity index is 2680. The highest BCUT2D eigenvalue weighted by Gasteiger charge is 2.41. The van der Waals surface area contributed by atoms with Gasteiger partial charge in [-0.1, -0.05) is 172 Å². The van der Waals surface area contributed by atoms with Gasteiger partial charge in [-0.05, 0) is 92.2 Å². The zero-order valence-corrected chi connectivity index (χ0v) is 29.8.